The first-order valence-electron chi connectivity index (χ1n) is 9.26. The fourth-order valence-corrected chi connectivity index (χ4v) is 5.53. The molecule has 0 saturated carbocycles. The maximum absolute atomic E-state index is 13.0. The summed E-state index contributed by atoms with van der Waals surface area (Å²) in [7, 11) is -3.45. The molecule has 0 spiro atoms. The van der Waals surface area contributed by atoms with Crippen molar-refractivity contribution in [1.29, 1.82) is 0 Å². The van der Waals surface area contributed by atoms with E-state index in [-0.39, 0.29) is 12.4 Å². The van der Waals surface area contributed by atoms with Crippen molar-refractivity contribution in [2.45, 2.75) is 16.7 Å². The molecule has 0 aliphatic carbocycles. The molecule has 2 aliphatic heterocycles. The van der Waals surface area contributed by atoms with Crippen LogP contribution in [0.15, 0.2) is 58.3 Å². The molecule has 0 unspecified atom stereocenters. The van der Waals surface area contributed by atoms with Crippen molar-refractivity contribution in [1.82, 2.24) is 9.80 Å². The lowest BCUT2D eigenvalue weighted by Gasteiger charge is -2.37. The first-order chi connectivity index (χ1) is 12.6. The van der Waals surface area contributed by atoms with Crippen LogP contribution >= 0.6 is 12.4 Å². The van der Waals surface area contributed by atoms with Crippen molar-refractivity contribution in [3.05, 3.63) is 48.5 Å². The van der Waals surface area contributed by atoms with E-state index in [9.17, 15) is 8.42 Å². The number of sulfone groups is 1. The van der Waals surface area contributed by atoms with E-state index < -0.39 is 9.84 Å². The van der Waals surface area contributed by atoms with Crippen LogP contribution in [0.25, 0.3) is 0 Å². The molecule has 5 nitrogen and oxygen atoms in total. The Morgan fingerprint density at radius 1 is 0.778 bits per heavy atom. The number of para-hydroxylation sites is 2. The lowest BCUT2D eigenvalue weighted by molar-refractivity contribution is 0.140. The second kappa shape index (κ2) is 8.19. The number of hydrogen-bond acceptors (Lipinski definition) is 5. The first kappa shape index (κ1) is 20.1. The van der Waals surface area contributed by atoms with Gasteiger partial charge < -0.3 is 9.80 Å². The van der Waals surface area contributed by atoms with Crippen LogP contribution in [-0.2, 0) is 9.84 Å². The zero-order valence-corrected chi connectivity index (χ0v) is 17.2. The molecule has 146 valence electrons. The van der Waals surface area contributed by atoms with Gasteiger partial charge >= 0.3 is 0 Å². The van der Waals surface area contributed by atoms with E-state index in [2.05, 4.69) is 21.6 Å². The normalized spacial score (nSPS) is 19.1. The molecule has 0 amide bonds. The smallest absolute Gasteiger partial charge is 0.210 e. The Hall–Kier alpha value is -1.60. The fraction of sp³-hybridized carbons (Fsp3) is 0.400. The van der Waals surface area contributed by atoms with E-state index in [0.717, 1.165) is 57.2 Å². The highest BCUT2D eigenvalue weighted by molar-refractivity contribution is 7.92. The zero-order chi connectivity index (χ0) is 18.1. The maximum Gasteiger partial charge on any atom is 0.210 e. The monoisotopic (exact) mass is 407 g/mol. The van der Waals surface area contributed by atoms with Crippen molar-refractivity contribution in [2.75, 3.05) is 50.7 Å². The molecule has 7 heteroatoms. The molecule has 2 heterocycles. The first-order valence-corrected chi connectivity index (χ1v) is 10.7. The number of hydrogen-bond donors (Lipinski definition) is 0. The number of benzene rings is 2. The Bertz CT molecular complexity index is 842. The number of nitrogens with zero attached hydrogens (tertiary/aromatic N) is 3. The summed E-state index contributed by atoms with van der Waals surface area (Å²) in [4.78, 5) is 7.93. The van der Waals surface area contributed by atoms with Gasteiger partial charge in [0.25, 0.3) is 0 Å². The van der Waals surface area contributed by atoms with Crippen LogP contribution < -0.4 is 4.90 Å². The third-order valence-electron chi connectivity index (χ3n) is 5.44. The summed E-state index contributed by atoms with van der Waals surface area (Å²) in [6.45, 7) is 9.40. The number of halogens is 1. The minimum atomic E-state index is -3.45. The van der Waals surface area contributed by atoms with Gasteiger partial charge in [-0.1, -0.05) is 31.2 Å². The summed E-state index contributed by atoms with van der Waals surface area (Å²) in [6, 6.07) is 14.7. The Balaban J connectivity index is 0.00000210. The number of fused-ring (bicyclic) bond motifs is 2. The predicted molar refractivity (Wildman–Crippen MR) is 111 cm³/mol. The molecule has 1 saturated heterocycles. The molecule has 0 N–H and O–H groups in total. The number of rotatable bonds is 4. The van der Waals surface area contributed by atoms with Crippen LogP contribution in [0.2, 0.25) is 0 Å². The predicted octanol–water partition coefficient (Wildman–Crippen LogP) is 3.03. The third kappa shape index (κ3) is 3.72. The molecule has 27 heavy (non-hydrogen) atoms. The number of likely N-dealkylation sites (N-methyl/N-ethyl adjacent to an activating group) is 1. The summed E-state index contributed by atoms with van der Waals surface area (Å²) in [6.07, 6.45) is 0. The summed E-state index contributed by atoms with van der Waals surface area (Å²) in [5.74, 6) is 0. The van der Waals surface area contributed by atoms with E-state index >= 15 is 0 Å². The minimum absolute atomic E-state index is 0. The lowest BCUT2D eigenvalue weighted by atomic mass is 10.2. The van der Waals surface area contributed by atoms with E-state index in [1.165, 1.54) is 0 Å². The van der Waals surface area contributed by atoms with Gasteiger partial charge in [-0.2, -0.15) is 0 Å². The Labute approximate surface area is 167 Å². The van der Waals surface area contributed by atoms with Gasteiger partial charge in [0, 0.05) is 39.3 Å². The van der Waals surface area contributed by atoms with Crippen LogP contribution in [0.3, 0.4) is 0 Å². The maximum atomic E-state index is 13.0. The molecular weight excluding hydrogens is 382 g/mol. The van der Waals surface area contributed by atoms with Gasteiger partial charge in [-0.05, 0) is 30.8 Å². The van der Waals surface area contributed by atoms with E-state index in [1.807, 2.05) is 24.3 Å². The molecule has 0 aromatic heterocycles. The zero-order valence-electron chi connectivity index (χ0n) is 15.5. The highest BCUT2D eigenvalue weighted by Crippen LogP contribution is 2.43. The van der Waals surface area contributed by atoms with Gasteiger partial charge in [-0.3, -0.25) is 4.90 Å². The lowest BCUT2D eigenvalue weighted by Crippen LogP contribution is -2.48. The quantitative estimate of drug-likeness (QED) is 0.779. The summed E-state index contributed by atoms with van der Waals surface area (Å²) < 4.78 is 25.9. The van der Waals surface area contributed by atoms with Crippen molar-refractivity contribution in [3.8, 4) is 0 Å². The molecule has 4 rings (SSSR count). The second-order valence-electron chi connectivity index (χ2n) is 6.87. The van der Waals surface area contributed by atoms with Gasteiger partial charge in [0.2, 0.25) is 9.84 Å². The number of piperazine rings is 1. The summed E-state index contributed by atoms with van der Waals surface area (Å²) >= 11 is 0. The third-order valence-corrected chi connectivity index (χ3v) is 7.29. The van der Waals surface area contributed by atoms with Gasteiger partial charge in [0.1, 0.15) is 0 Å². The molecule has 2 aliphatic rings. The van der Waals surface area contributed by atoms with Gasteiger partial charge in [0.05, 0.1) is 21.2 Å². The Kier molecular flexibility index (Phi) is 6.11. The van der Waals surface area contributed by atoms with Crippen molar-refractivity contribution >= 4 is 33.6 Å². The van der Waals surface area contributed by atoms with Crippen LogP contribution in [0.4, 0.5) is 11.4 Å². The van der Waals surface area contributed by atoms with Crippen LogP contribution in [0.5, 0.6) is 0 Å². The average Bonchev–Trinajstić information content (AvgIpc) is 2.68. The summed E-state index contributed by atoms with van der Waals surface area (Å²) in [5, 5.41) is 0. The van der Waals surface area contributed by atoms with Crippen LogP contribution in [-0.4, -0.2) is 64.0 Å². The van der Waals surface area contributed by atoms with Gasteiger partial charge in [0.15, 0.2) is 0 Å². The molecule has 0 bridgehead atoms. The molecule has 0 radical (unpaired) electrons. The van der Waals surface area contributed by atoms with Crippen molar-refractivity contribution < 1.29 is 8.42 Å². The topological polar surface area (TPSA) is 43.9 Å². The SMILES string of the molecule is CCN1CCN(CCN2c3ccccc3S(=O)(=O)c3ccccc32)CC1.Cl. The molecule has 2 aromatic rings. The van der Waals surface area contributed by atoms with Crippen LogP contribution in [0, 0.1) is 0 Å². The minimum Gasteiger partial charge on any atom is -0.338 e. The van der Waals surface area contributed by atoms with E-state index in [1.54, 1.807) is 24.3 Å². The standard InChI is InChI=1S/C20H25N3O2S.ClH/c1-2-21-11-13-22(14-12-21)15-16-23-17-7-3-5-9-19(17)26(24,25)20-10-6-4-8-18(20)23;/h3-10H,2,11-16H2,1H3;1H. The van der Waals surface area contributed by atoms with E-state index in [4.69, 9.17) is 0 Å². The molecular formula is C20H26ClN3O2S. The van der Waals surface area contributed by atoms with Crippen molar-refractivity contribution in [2.24, 2.45) is 0 Å². The van der Waals surface area contributed by atoms with Gasteiger partial charge in [-0.15, -0.1) is 12.4 Å². The molecule has 2 aromatic carbocycles. The summed E-state index contributed by atoms with van der Waals surface area (Å²) in [5.41, 5.74) is 1.58. The second-order valence-corrected chi connectivity index (χ2v) is 8.75. The highest BCUT2D eigenvalue weighted by atomic mass is 35.5. The fourth-order valence-electron chi connectivity index (χ4n) is 3.87. The van der Waals surface area contributed by atoms with E-state index in [0.29, 0.717) is 9.79 Å². The Morgan fingerprint density at radius 3 is 1.78 bits per heavy atom. The van der Waals surface area contributed by atoms with Gasteiger partial charge in [-0.25, -0.2) is 8.42 Å². The number of anilines is 2. The average molecular weight is 408 g/mol. The van der Waals surface area contributed by atoms with Crippen LogP contribution in [0.1, 0.15) is 6.92 Å². The Morgan fingerprint density at radius 2 is 1.26 bits per heavy atom. The molecule has 0 atom stereocenters. The molecule has 1 fully saturated rings. The largest absolute Gasteiger partial charge is 0.338 e. The van der Waals surface area contributed by atoms with Crippen molar-refractivity contribution in [3.63, 3.8) is 0 Å². The highest BCUT2D eigenvalue weighted by Gasteiger charge is 2.33.